The summed E-state index contributed by atoms with van der Waals surface area (Å²) >= 11 is 0. The quantitative estimate of drug-likeness (QED) is 0.681. The van der Waals surface area contributed by atoms with Gasteiger partial charge in [-0.1, -0.05) is 6.08 Å². The van der Waals surface area contributed by atoms with E-state index in [0.717, 1.165) is 13.2 Å². The highest BCUT2D eigenvalue weighted by atomic mass is 16.5. The first kappa shape index (κ1) is 11.2. The smallest absolute Gasteiger partial charge is 0.328 e. The molecule has 0 radical (unpaired) electrons. The number of carboxylic acids is 1. The zero-order valence-corrected chi connectivity index (χ0v) is 8.69. The maximum absolute atomic E-state index is 10.3. The van der Waals surface area contributed by atoms with Crippen molar-refractivity contribution in [1.82, 2.24) is 4.90 Å². The summed E-state index contributed by atoms with van der Waals surface area (Å²) in [5.41, 5.74) is 0.00108. The standard InChI is InChI=1S/C10H17NO3/c1-10(2)8-14-7-6-11(10)5-3-4-9(12)13/h3-4H,5-8H2,1-2H3,(H,12,13)/b4-3+. The van der Waals surface area contributed by atoms with Crippen molar-refractivity contribution in [3.8, 4) is 0 Å². The van der Waals surface area contributed by atoms with Gasteiger partial charge in [0.1, 0.15) is 0 Å². The van der Waals surface area contributed by atoms with Gasteiger partial charge in [-0.05, 0) is 13.8 Å². The third kappa shape index (κ3) is 3.12. The highest BCUT2D eigenvalue weighted by Gasteiger charge is 2.29. The molecule has 0 atom stereocenters. The van der Waals surface area contributed by atoms with Crippen LogP contribution in [-0.4, -0.2) is 47.8 Å². The van der Waals surface area contributed by atoms with Gasteiger partial charge in [0.05, 0.1) is 13.2 Å². The zero-order chi connectivity index (χ0) is 10.6. The fraction of sp³-hybridized carbons (Fsp3) is 0.700. The van der Waals surface area contributed by atoms with Crippen molar-refractivity contribution >= 4 is 5.97 Å². The van der Waals surface area contributed by atoms with Crippen molar-refractivity contribution in [3.63, 3.8) is 0 Å². The van der Waals surface area contributed by atoms with Gasteiger partial charge in [0, 0.05) is 24.7 Å². The number of hydrogen-bond donors (Lipinski definition) is 1. The molecule has 1 rings (SSSR count). The summed E-state index contributed by atoms with van der Waals surface area (Å²) in [6.45, 7) is 7.15. The molecule has 14 heavy (non-hydrogen) atoms. The van der Waals surface area contributed by atoms with E-state index in [2.05, 4.69) is 18.7 Å². The van der Waals surface area contributed by atoms with Gasteiger partial charge in [0.2, 0.25) is 0 Å². The average Bonchev–Trinajstić information content (AvgIpc) is 2.07. The van der Waals surface area contributed by atoms with E-state index in [9.17, 15) is 4.79 Å². The second-order valence-corrected chi connectivity index (χ2v) is 4.05. The van der Waals surface area contributed by atoms with E-state index < -0.39 is 5.97 Å². The minimum atomic E-state index is -0.893. The van der Waals surface area contributed by atoms with E-state index in [1.807, 2.05) is 0 Å². The molecule has 1 fully saturated rings. The molecule has 1 saturated heterocycles. The molecule has 1 heterocycles. The summed E-state index contributed by atoms with van der Waals surface area (Å²) in [5.74, 6) is -0.893. The first-order chi connectivity index (χ1) is 6.52. The van der Waals surface area contributed by atoms with Crippen LogP contribution in [0.15, 0.2) is 12.2 Å². The first-order valence-corrected chi connectivity index (χ1v) is 4.74. The Morgan fingerprint density at radius 1 is 1.64 bits per heavy atom. The number of morpholine rings is 1. The molecule has 4 nitrogen and oxygen atoms in total. The van der Waals surface area contributed by atoms with Crippen LogP contribution in [0, 0.1) is 0 Å². The highest BCUT2D eigenvalue weighted by Crippen LogP contribution is 2.18. The maximum Gasteiger partial charge on any atom is 0.328 e. The van der Waals surface area contributed by atoms with Crippen LogP contribution in [0.1, 0.15) is 13.8 Å². The fourth-order valence-electron chi connectivity index (χ4n) is 1.51. The van der Waals surface area contributed by atoms with Crippen molar-refractivity contribution in [2.45, 2.75) is 19.4 Å². The first-order valence-electron chi connectivity index (χ1n) is 4.74. The maximum atomic E-state index is 10.3. The molecule has 0 bridgehead atoms. The molecule has 0 saturated carbocycles. The van der Waals surface area contributed by atoms with Gasteiger partial charge in [-0.15, -0.1) is 0 Å². The van der Waals surface area contributed by atoms with E-state index in [1.165, 1.54) is 6.08 Å². The van der Waals surface area contributed by atoms with E-state index in [-0.39, 0.29) is 5.54 Å². The molecule has 0 aliphatic carbocycles. The van der Waals surface area contributed by atoms with Gasteiger partial charge in [-0.25, -0.2) is 4.79 Å². The normalized spacial score (nSPS) is 22.7. The van der Waals surface area contributed by atoms with Gasteiger partial charge < -0.3 is 9.84 Å². The summed E-state index contributed by atoms with van der Waals surface area (Å²) < 4.78 is 5.36. The van der Waals surface area contributed by atoms with Crippen molar-refractivity contribution in [2.75, 3.05) is 26.3 Å². The van der Waals surface area contributed by atoms with E-state index >= 15 is 0 Å². The largest absolute Gasteiger partial charge is 0.478 e. The fourth-order valence-corrected chi connectivity index (χ4v) is 1.51. The molecule has 4 heteroatoms. The Morgan fingerprint density at radius 2 is 2.36 bits per heavy atom. The second kappa shape index (κ2) is 4.57. The SMILES string of the molecule is CC1(C)COCCN1C/C=C/C(=O)O. The van der Waals surface area contributed by atoms with Crippen LogP contribution in [0.25, 0.3) is 0 Å². The van der Waals surface area contributed by atoms with Crippen LogP contribution in [0.4, 0.5) is 0 Å². The number of nitrogens with zero attached hydrogens (tertiary/aromatic N) is 1. The Bertz CT molecular complexity index is 236. The van der Waals surface area contributed by atoms with Crippen LogP contribution < -0.4 is 0 Å². The third-order valence-corrected chi connectivity index (χ3v) is 2.40. The van der Waals surface area contributed by atoms with Crippen molar-refractivity contribution in [1.29, 1.82) is 0 Å². The average molecular weight is 199 g/mol. The lowest BCUT2D eigenvalue weighted by Gasteiger charge is -2.41. The number of rotatable bonds is 3. The number of carbonyl (C=O) groups is 1. The van der Waals surface area contributed by atoms with Gasteiger partial charge in [0.15, 0.2) is 0 Å². The third-order valence-electron chi connectivity index (χ3n) is 2.40. The minimum absolute atomic E-state index is 0.00108. The van der Waals surface area contributed by atoms with Gasteiger partial charge in [0.25, 0.3) is 0 Å². The van der Waals surface area contributed by atoms with Gasteiger partial charge in [-0.3, -0.25) is 4.90 Å². The van der Waals surface area contributed by atoms with Crippen molar-refractivity contribution in [3.05, 3.63) is 12.2 Å². The minimum Gasteiger partial charge on any atom is -0.478 e. The van der Waals surface area contributed by atoms with Crippen LogP contribution in [0.5, 0.6) is 0 Å². The number of hydrogen-bond acceptors (Lipinski definition) is 3. The molecule has 80 valence electrons. The summed E-state index contributed by atoms with van der Waals surface area (Å²) in [5, 5.41) is 8.44. The number of aliphatic carboxylic acids is 1. The summed E-state index contributed by atoms with van der Waals surface area (Å²) in [4.78, 5) is 12.5. The summed E-state index contributed by atoms with van der Waals surface area (Å²) in [7, 11) is 0. The highest BCUT2D eigenvalue weighted by molar-refractivity contribution is 5.79. The molecule has 0 amide bonds. The molecular weight excluding hydrogens is 182 g/mol. The predicted octanol–water partition coefficient (Wildman–Crippen LogP) is 0.738. The molecule has 1 aliphatic heterocycles. The van der Waals surface area contributed by atoms with Gasteiger partial charge in [-0.2, -0.15) is 0 Å². The van der Waals surface area contributed by atoms with Crippen molar-refractivity contribution < 1.29 is 14.6 Å². The van der Waals surface area contributed by atoms with Crippen LogP contribution in [-0.2, 0) is 9.53 Å². The molecule has 1 N–H and O–H groups in total. The van der Waals surface area contributed by atoms with E-state index in [1.54, 1.807) is 6.08 Å². The lowest BCUT2D eigenvalue weighted by molar-refractivity contribution is -0.131. The van der Waals surface area contributed by atoms with Crippen LogP contribution in [0.2, 0.25) is 0 Å². The number of ether oxygens (including phenoxy) is 1. The Balaban J connectivity index is 2.46. The van der Waals surface area contributed by atoms with Crippen LogP contribution in [0.3, 0.4) is 0 Å². The molecule has 1 aliphatic rings. The topological polar surface area (TPSA) is 49.8 Å². The monoisotopic (exact) mass is 199 g/mol. The van der Waals surface area contributed by atoms with Crippen molar-refractivity contribution in [2.24, 2.45) is 0 Å². The van der Waals surface area contributed by atoms with Gasteiger partial charge >= 0.3 is 5.97 Å². The molecule has 0 unspecified atom stereocenters. The Labute approximate surface area is 84.2 Å². The summed E-state index contributed by atoms with van der Waals surface area (Å²) in [6.07, 6.45) is 2.86. The van der Waals surface area contributed by atoms with Crippen LogP contribution >= 0.6 is 0 Å². The molecule has 0 aromatic heterocycles. The second-order valence-electron chi connectivity index (χ2n) is 4.05. The Morgan fingerprint density at radius 3 is 2.93 bits per heavy atom. The molecular formula is C10H17NO3. The predicted molar refractivity (Wildman–Crippen MR) is 53.2 cm³/mol. The number of carboxylic acid groups (broad SMARTS) is 1. The van der Waals surface area contributed by atoms with E-state index in [4.69, 9.17) is 9.84 Å². The lowest BCUT2D eigenvalue weighted by Crippen LogP contribution is -2.52. The Hall–Kier alpha value is -0.870. The lowest BCUT2D eigenvalue weighted by atomic mass is 10.0. The summed E-state index contributed by atoms with van der Waals surface area (Å²) in [6, 6.07) is 0. The molecule has 0 aromatic carbocycles. The molecule has 0 spiro atoms. The van der Waals surface area contributed by atoms with E-state index in [0.29, 0.717) is 13.2 Å². The molecule has 0 aromatic rings. The Kier molecular flexibility index (Phi) is 3.66. The zero-order valence-electron chi connectivity index (χ0n) is 8.69.